The van der Waals surface area contributed by atoms with E-state index in [1.807, 2.05) is 38.1 Å². The highest BCUT2D eigenvalue weighted by Crippen LogP contribution is 2.20. The molecule has 0 spiro atoms. The van der Waals surface area contributed by atoms with Crippen LogP contribution in [0.25, 0.3) is 5.69 Å². The van der Waals surface area contributed by atoms with Crippen molar-refractivity contribution in [3.05, 3.63) is 35.7 Å². The second kappa shape index (κ2) is 7.26. The molecular formula is C17H24N4O2. The van der Waals surface area contributed by atoms with Crippen molar-refractivity contribution in [3.8, 4) is 5.69 Å². The van der Waals surface area contributed by atoms with E-state index < -0.39 is 5.97 Å². The van der Waals surface area contributed by atoms with Crippen LogP contribution >= 0.6 is 0 Å². The molecule has 1 N–H and O–H groups in total. The first-order valence-electron chi connectivity index (χ1n) is 8.01. The smallest absolute Gasteiger partial charge is 0.358 e. The zero-order chi connectivity index (χ0) is 17.0. The highest BCUT2D eigenvalue weighted by atomic mass is 16.4. The molecule has 0 fully saturated rings. The molecule has 1 aromatic heterocycles. The molecule has 1 aromatic carbocycles. The van der Waals surface area contributed by atoms with Crippen LogP contribution in [0.2, 0.25) is 0 Å². The van der Waals surface area contributed by atoms with Gasteiger partial charge in [0.1, 0.15) is 0 Å². The fraction of sp³-hybridized carbons (Fsp3) is 0.471. The van der Waals surface area contributed by atoms with Gasteiger partial charge in [0.05, 0.1) is 11.4 Å². The van der Waals surface area contributed by atoms with E-state index in [4.69, 9.17) is 0 Å². The molecule has 0 radical (unpaired) electrons. The van der Waals surface area contributed by atoms with E-state index >= 15 is 0 Å². The van der Waals surface area contributed by atoms with Gasteiger partial charge in [-0.25, -0.2) is 9.48 Å². The molecule has 0 aliphatic rings. The van der Waals surface area contributed by atoms with Gasteiger partial charge >= 0.3 is 5.97 Å². The highest BCUT2D eigenvalue weighted by Gasteiger charge is 2.20. The van der Waals surface area contributed by atoms with Gasteiger partial charge < -0.3 is 10.0 Å². The predicted octanol–water partition coefficient (Wildman–Crippen LogP) is 3.01. The van der Waals surface area contributed by atoms with Crippen molar-refractivity contribution in [2.24, 2.45) is 5.92 Å². The third-order valence-electron chi connectivity index (χ3n) is 3.79. The second-order valence-corrected chi connectivity index (χ2v) is 5.89. The molecule has 0 aliphatic heterocycles. The molecule has 0 saturated carbocycles. The summed E-state index contributed by atoms with van der Waals surface area (Å²) in [4.78, 5) is 13.6. The first-order valence-corrected chi connectivity index (χ1v) is 8.01. The van der Waals surface area contributed by atoms with E-state index in [-0.39, 0.29) is 5.69 Å². The lowest BCUT2D eigenvalue weighted by Crippen LogP contribution is -2.21. The summed E-state index contributed by atoms with van der Waals surface area (Å²) < 4.78 is 1.63. The van der Waals surface area contributed by atoms with E-state index in [0.29, 0.717) is 18.0 Å². The zero-order valence-corrected chi connectivity index (χ0v) is 14.2. The van der Waals surface area contributed by atoms with Crippen molar-refractivity contribution in [1.82, 2.24) is 15.0 Å². The van der Waals surface area contributed by atoms with Crippen LogP contribution in [-0.2, 0) is 6.42 Å². The molecule has 0 bridgehead atoms. The number of aromatic carboxylic acids is 1. The van der Waals surface area contributed by atoms with Gasteiger partial charge in [0, 0.05) is 18.8 Å². The van der Waals surface area contributed by atoms with Crippen LogP contribution in [0, 0.1) is 5.92 Å². The maximum absolute atomic E-state index is 11.3. The van der Waals surface area contributed by atoms with Crippen molar-refractivity contribution < 1.29 is 9.90 Å². The topological polar surface area (TPSA) is 71.2 Å². The normalized spacial score (nSPS) is 11.0. The lowest BCUT2D eigenvalue weighted by Gasteiger charge is -2.21. The van der Waals surface area contributed by atoms with Crippen LogP contribution in [-0.4, -0.2) is 39.2 Å². The molecule has 6 heteroatoms. The third kappa shape index (κ3) is 3.70. The van der Waals surface area contributed by atoms with Gasteiger partial charge in [0.25, 0.3) is 0 Å². The molecule has 1 heterocycles. The average molecular weight is 316 g/mol. The molecule has 0 atom stereocenters. The molecular weight excluding hydrogens is 292 g/mol. The van der Waals surface area contributed by atoms with Crippen LogP contribution in [0.1, 0.15) is 43.9 Å². The summed E-state index contributed by atoms with van der Waals surface area (Å²) in [5, 5.41) is 17.2. The molecule has 2 rings (SSSR count). The largest absolute Gasteiger partial charge is 0.476 e. The third-order valence-corrected chi connectivity index (χ3v) is 3.79. The van der Waals surface area contributed by atoms with E-state index in [1.165, 1.54) is 0 Å². The Kier molecular flexibility index (Phi) is 5.36. The number of aromatic nitrogens is 3. The van der Waals surface area contributed by atoms with E-state index in [2.05, 4.69) is 29.1 Å². The summed E-state index contributed by atoms with van der Waals surface area (Å²) >= 11 is 0. The molecule has 0 amide bonds. The standard InChI is InChI=1S/C17H24N4O2/c1-5-20(6-2)13-7-9-14(10-8-13)21-15(11-12(3)4)16(17(22)23)18-19-21/h7-10,12H,5-6,11H2,1-4H3,(H,22,23). The Balaban J connectivity index is 2.40. The summed E-state index contributed by atoms with van der Waals surface area (Å²) in [5.74, 6) is -0.716. The second-order valence-electron chi connectivity index (χ2n) is 5.89. The van der Waals surface area contributed by atoms with Gasteiger partial charge in [-0.1, -0.05) is 19.1 Å². The van der Waals surface area contributed by atoms with Crippen LogP contribution in [0.3, 0.4) is 0 Å². The molecule has 0 unspecified atom stereocenters. The minimum atomic E-state index is -1.04. The predicted molar refractivity (Wildman–Crippen MR) is 90.4 cm³/mol. The number of carboxylic acid groups (broad SMARTS) is 1. The number of benzene rings is 1. The number of rotatable bonds is 7. The van der Waals surface area contributed by atoms with E-state index in [0.717, 1.165) is 24.5 Å². The fourth-order valence-corrected chi connectivity index (χ4v) is 2.64. The Morgan fingerprint density at radius 2 is 1.83 bits per heavy atom. The lowest BCUT2D eigenvalue weighted by molar-refractivity contribution is 0.0689. The highest BCUT2D eigenvalue weighted by molar-refractivity contribution is 5.86. The minimum Gasteiger partial charge on any atom is -0.476 e. The minimum absolute atomic E-state index is 0.0338. The monoisotopic (exact) mass is 316 g/mol. The number of hydrogen-bond donors (Lipinski definition) is 1. The maximum Gasteiger partial charge on any atom is 0.358 e. The van der Waals surface area contributed by atoms with Gasteiger partial charge in [-0.3, -0.25) is 0 Å². The summed E-state index contributed by atoms with van der Waals surface area (Å²) in [7, 11) is 0. The first kappa shape index (κ1) is 17.0. The van der Waals surface area contributed by atoms with Gasteiger partial charge in [0.2, 0.25) is 0 Å². The van der Waals surface area contributed by atoms with Crippen LogP contribution in [0.15, 0.2) is 24.3 Å². The fourth-order valence-electron chi connectivity index (χ4n) is 2.64. The van der Waals surface area contributed by atoms with Crippen LogP contribution in [0.5, 0.6) is 0 Å². The molecule has 0 aliphatic carbocycles. The average Bonchev–Trinajstić information content (AvgIpc) is 2.92. The molecule has 6 nitrogen and oxygen atoms in total. The Morgan fingerprint density at radius 3 is 2.30 bits per heavy atom. The van der Waals surface area contributed by atoms with Crippen LogP contribution in [0.4, 0.5) is 5.69 Å². The van der Waals surface area contributed by atoms with Gasteiger partial charge in [-0.2, -0.15) is 0 Å². The molecule has 0 saturated heterocycles. The van der Waals surface area contributed by atoms with Crippen molar-refractivity contribution >= 4 is 11.7 Å². The summed E-state index contributed by atoms with van der Waals surface area (Å²) in [6, 6.07) is 7.97. The first-order chi connectivity index (χ1) is 11.0. The SMILES string of the molecule is CCN(CC)c1ccc(-n2nnc(C(=O)O)c2CC(C)C)cc1. The quantitative estimate of drug-likeness (QED) is 0.850. The number of carboxylic acids is 1. The van der Waals surface area contributed by atoms with Gasteiger partial charge in [-0.05, 0) is 50.5 Å². The lowest BCUT2D eigenvalue weighted by atomic mass is 10.1. The summed E-state index contributed by atoms with van der Waals surface area (Å²) in [5.41, 5.74) is 2.65. The Morgan fingerprint density at radius 1 is 1.22 bits per heavy atom. The van der Waals surface area contributed by atoms with Crippen molar-refractivity contribution in [2.75, 3.05) is 18.0 Å². The van der Waals surface area contributed by atoms with Crippen molar-refractivity contribution in [1.29, 1.82) is 0 Å². The Labute approximate surface area is 136 Å². The van der Waals surface area contributed by atoms with Gasteiger partial charge in [0.15, 0.2) is 5.69 Å². The van der Waals surface area contributed by atoms with Crippen molar-refractivity contribution in [3.63, 3.8) is 0 Å². The Bertz CT molecular complexity index is 658. The number of anilines is 1. The number of hydrogen-bond acceptors (Lipinski definition) is 4. The molecule has 23 heavy (non-hydrogen) atoms. The summed E-state index contributed by atoms with van der Waals surface area (Å²) in [6.45, 7) is 10.2. The van der Waals surface area contributed by atoms with Gasteiger partial charge in [-0.15, -0.1) is 5.10 Å². The Hall–Kier alpha value is -2.37. The van der Waals surface area contributed by atoms with E-state index in [1.54, 1.807) is 4.68 Å². The van der Waals surface area contributed by atoms with Crippen molar-refractivity contribution in [2.45, 2.75) is 34.1 Å². The maximum atomic E-state index is 11.3. The number of carbonyl (C=O) groups is 1. The molecule has 124 valence electrons. The molecule has 2 aromatic rings. The van der Waals surface area contributed by atoms with Crippen LogP contribution < -0.4 is 4.90 Å². The summed E-state index contributed by atoms with van der Waals surface area (Å²) in [6.07, 6.45) is 0.617. The van der Waals surface area contributed by atoms with E-state index in [9.17, 15) is 9.90 Å². The zero-order valence-electron chi connectivity index (χ0n) is 14.2. The number of nitrogens with zero attached hydrogens (tertiary/aromatic N) is 4.